The maximum Gasteiger partial charge on any atom is 0.364 e. The number of hydrogen-bond donors (Lipinski definition) is 5. The number of methoxy groups -OCH3 is 1. The number of fused-ring (bicyclic) bond motifs is 1. The Morgan fingerprint density at radius 1 is 1.12 bits per heavy atom. The van der Waals surface area contributed by atoms with Crippen molar-refractivity contribution in [3.05, 3.63) is 92.1 Å². The normalized spacial score (nSPS) is 20.1. The number of hydrogen-bond acceptors (Lipinski definition) is 11. The number of carbonyl (C=O) groups is 2. The van der Waals surface area contributed by atoms with E-state index in [-0.39, 0.29) is 38.7 Å². The van der Waals surface area contributed by atoms with Crippen molar-refractivity contribution in [1.29, 1.82) is 0 Å². The lowest BCUT2D eigenvalue weighted by atomic mass is 9.89. The van der Waals surface area contributed by atoms with E-state index < -0.39 is 59.1 Å². The van der Waals surface area contributed by atoms with Crippen molar-refractivity contribution in [2.24, 2.45) is 0 Å². The minimum atomic E-state index is -1.56. The van der Waals surface area contributed by atoms with Crippen LogP contribution in [-0.2, 0) is 20.6 Å². The molecule has 3 heterocycles. The maximum absolute atomic E-state index is 13.1. The first kappa shape index (κ1) is 35.5. The molecule has 5 N–H and O–H groups in total. The highest BCUT2D eigenvalue weighted by molar-refractivity contribution is 6.36. The number of aromatic hydroxyl groups is 2. The maximum atomic E-state index is 13.1. The molecule has 1 amide bonds. The number of aliphatic hydroxyl groups excluding tert-OH is 1. The number of amides is 1. The molecule has 4 aromatic rings. The SMILES string of the molecule is CO[C@@H]1C(OC(=O)c2ccc(C)[nH]2)[C@H](O)[C@H](Oc2ccc3c(O)c(NC(=O)c4ccc(O)c(CC=C(C)C)c4)c(=O)oc3c2Cl)OC1(C)C. The lowest BCUT2D eigenvalue weighted by molar-refractivity contribution is -0.305. The summed E-state index contributed by atoms with van der Waals surface area (Å²) >= 11 is 6.58. The summed E-state index contributed by atoms with van der Waals surface area (Å²) in [7, 11) is 1.39. The molecule has 0 aliphatic carbocycles. The zero-order valence-corrected chi connectivity index (χ0v) is 28.4. The molecular formula is C35H37ClN2O11. The van der Waals surface area contributed by atoms with Gasteiger partial charge in [0.15, 0.2) is 29.2 Å². The highest BCUT2D eigenvalue weighted by Gasteiger charge is 2.53. The van der Waals surface area contributed by atoms with Gasteiger partial charge in [-0.15, -0.1) is 0 Å². The van der Waals surface area contributed by atoms with Crippen molar-refractivity contribution in [1.82, 2.24) is 4.98 Å². The number of rotatable bonds is 9. The molecule has 13 nitrogen and oxygen atoms in total. The van der Waals surface area contributed by atoms with Gasteiger partial charge in [0.1, 0.15) is 28.3 Å². The first-order valence-corrected chi connectivity index (χ1v) is 15.7. The number of aromatic nitrogens is 1. The molecule has 0 radical (unpaired) electrons. The van der Waals surface area contributed by atoms with E-state index in [0.717, 1.165) is 11.3 Å². The summed E-state index contributed by atoms with van der Waals surface area (Å²) in [4.78, 5) is 41.9. The highest BCUT2D eigenvalue weighted by atomic mass is 35.5. The Hall–Kier alpha value is -4.82. The summed E-state index contributed by atoms with van der Waals surface area (Å²) < 4.78 is 28.6. The number of halogens is 1. The first-order chi connectivity index (χ1) is 23.1. The van der Waals surface area contributed by atoms with Gasteiger partial charge >= 0.3 is 11.6 Å². The van der Waals surface area contributed by atoms with E-state index >= 15 is 0 Å². The molecule has 1 unspecified atom stereocenters. The number of benzene rings is 2. The lowest BCUT2D eigenvalue weighted by Gasteiger charge is -2.47. The second-order valence-corrected chi connectivity index (χ2v) is 12.8. The summed E-state index contributed by atoms with van der Waals surface area (Å²) in [6.45, 7) is 8.92. The van der Waals surface area contributed by atoms with E-state index in [9.17, 15) is 29.7 Å². The molecule has 1 saturated heterocycles. The minimum Gasteiger partial charge on any atom is -0.508 e. The van der Waals surface area contributed by atoms with Crippen LogP contribution in [0.15, 0.2) is 63.3 Å². The van der Waals surface area contributed by atoms with E-state index in [4.69, 9.17) is 35.0 Å². The Balaban J connectivity index is 1.40. The molecule has 49 heavy (non-hydrogen) atoms. The van der Waals surface area contributed by atoms with Gasteiger partial charge in [0.2, 0.25) is 6.29 Å². The average molecular weight is 697 g/mol. The fraction of sp³-hybridized carbons (Fsp3) is 0.343. The summed E-state index contributed by atoms with van der Waals surface area (Å²) in [5.41, 5.74) is -0.464. The molecule has 1 aliphatic heterocycles. The van der Waals surface area contributed by atoms with Crippen molar-refractivity contribution in [3.63, 3.8) is 0 Å². The Kier molecular flexibility index (Phi) is 10.1. The topological polar surface area (TPSA) is 190 Å². The zero-order valence-electron chi connectivity index (χ0n) is 27.6. The van der Waals surface area contributed by atoms with Crippen LogP contribution in [0.1, 0.15) is 59.8 Å². The number of H-pyrrole nitrogens is 1. The van der Waals surface area contributed by atoms with E-state index in [1.807, 2.05) is 19.9 Å². The van der Waals surface area contributed by atoms with Gasteiger partial charge in [-0.1, -0.05) is 23.3 Å². The van der Waals surface area contributed by atoms with Crippen LogP contribution in [0, 0.1) is 6.92 Å². The quantitative estimate of drug-likeness (QED) is 0.0859. The Bertz CT molecular complexity index is 1990. The van der Waals surface area contributed by atoms with Gasteiger partial charge in [-0.2, -0.15) is 0 Å². The molecule has 1 aliphatic rings. The van der Waals surface area contributed by atoms with Crippen LogP contribution >= 0.6 is 11.6 Å². The number of nitrogens with one attached hydrogen (secondary N) is 2. The molecule has 2 aromatic heterocycles. The van der Waals surface area contributed by atoms with Gasteiger partial charge in [-0.25, -0.2) is 9.59 Å². The van der Waals surface area contributed by atoms with Gasteiger partial charge in [0, 0.05) is 18.4 Å². The second-order valence-electron chi connectivity index (χ2n) is 12.4. The second kappa shape index (κ2) is 14.0. The minimum absolute atomic E-state index is 0.00573. The van der Waals surface area contributed by atoms with Crippen LogP contribution in [0.25, 0.3) is 11.0 Å². The van der Waals surface area contributed by atoms with E-state index in [0.29, 0.717) is 12.0 Å². The summed E-state index contributed by atoms with van der Waals surface area (Å²) in [5, 5.41) is 34.6. The molecule has 14 heteroatoms. The monoisotopic (exact) mass is 696 g/mol. The molecule has 0 spiro atoms. The van der Waals surface area contributed by atoms with E-state index in [1.54, 1.807) is 32.9 Å². The van der Waals surface area contributed by atoms with Gasteiger partial charge in [-0.3, -0.25) is 4.79 Å². The number of anilines is 1. The van der Waals surface area contributed by atoms with Crippen molar-refractivity contribution in [2.45, 2.75) is 71.2 Å². The molecule has 260 valence electrons. The number of esters is 1. The van der Waals surface area contributed by atoms with Gasteiger partial charge in [0.25, 0.3) is 5.91 Å². The Morgan fingerprint density at radius 2 is 1.86 bits per heavy atom. The van der Waals surface area contributed by atoms with Crippen LogP contribution in [-0.4, -0.2) is 69.5 Å². The van der Waals surface area contributed by atoms with E-state index in [1.165, 1.54) is 37.4 Å². The number of phenols is 1. The summed E-state index contributed by atoms with van der Waals surface area (Å²) in [6, 6.07) is 10.2. The smallest absolute Gasteiger partial charge is 0.364 e. The number of aryl methyl sites for hydroxylation is 1. The number of carbonyl (C=O) groups excluding carboxylic acids is 2. The number of ether oxygens (including phenoxy) is 4. The molecule has 0 saturated carbocycles. The van der Waals surface area contributed by atoms with Crippen molar-refractivity contribution < 1.29 is 48.3 Å². The van der Waals surface area contributed by atoms with Crippen LogP contribution in [0.5, 0.6) is 17.2 Å². The molecule has 4 atom stereocenters. The van der Waals surface area contributed by atoms with E-state index in [2.05, 4.69) is 10.3 Å². The van der Waals surface area contributed by atoms with Crippen molar-refractivity contribution in [3.8, 4) is 17.2 Å². The molecule has 5 rings (SSSR count). The molecule has 2 aromatic carbocycles. The standard InChI is InChI=1S/C35H37ClN2O11/c1-16(2)7-9-18-15-19(10-13-22(18)39)31(42)38-25-26(40)20-11-14-23(24(36)28(20)47-33(25)44)46-34-27(41)29(30(45-6)35(4,5)49-34)48-32(43)21-12-8-17(3)37-21/h7-8,10-15,27,29-30,34,37,39-41H,9H2,1-6H3,(H,38,42)/t27-,29?,30+,34+/m0/s1. The highest BCUT2D eigenvalue weighted by Crippen LogP contribution is 2.41. The Labute approximate surface area is 286 Å². The third-order valence-electron chi connectivity index (χ3n) is 8.07. The number of aromatic amines is 1. The predicted octanol–water partition coefficient (Wildman–Crippen LogP) is 5.37. The molecular weight excluding hydrogens is 660 g/mol. The zero-order chi connectivity index (χ0) is 35.8. The summed E-state index contributed by atoms with van der Waals surface area (Å²) in [6.07, 6.45) is -2.87. The third-order valence-corrected chi connectivity index (χ3v) is 8.43. The molecule has 0 bridgehead atoms. The lowest BCUT2D eigenvalue weighted by Crippen LogP contribution is -2.65. The van der Waals surface area contributed by atoms with Crippen LogP contribution in [0.2, 0.25) is 5.02 Å². The Morgan fingerprint density at radius 3 is 2.51 bits per heavy atom. The predicted molar refractivity (Wildman–Crippen MR) is 179 cm³/mol. The van der Waals surface area contributed by atoms with Crippen LogP contribution < -0.4 is 15.7 Å². The first-order valence-electron chi connectivity index (χ1n) is 15.3. The van der Waals surface area contributed by atoms with Gasteiger partial charge < -0.3 is 49.0 Å². The van der Waals surface area contributed by atoms with Gasteiger partial charge in [-0.05, 0) is 89.1 Å². The fourth-order valence-corrected chi connectivity index (χ4v) is 5.78. The average Bonchev–Trinajstić information content (AvgIpc) is 3.48. The number of allylic oxidation sites excluding steroid dienone is 2. The van der Waals surface area contributed by atoms with Crippen molar-refractivity contribution in [2.75, 3.05) is 12.4 Å². The number of aliphatic hydroxyl groups is 1. The molecule has 1 fully saturated rings. The van der Waals surface area contributed by atoms with Crippen molar-refractivity contribution >= 4 is 40.1 Å². The summed E-state index contributed by atoms with van der Waals surface area (Å²) in [5.74, 6) is -2.16. The van der Waals surface area contributed by atoms with Crippen LogP contribution in [0.4, 0.5) is 5.69 Å². The largest absolute Gasteiger partial charge is 0.508 e. The number of phenolic OH excluding ortho intramolecular Hbond substituents is 1. The third kappa shape index (κ3) is 7.30. The fourth-order valence-electron chi connectivity index (χ4n) is 5.53. The van der Waals surface area contributed by atoms with Gasteiger partial charge in [0.05, 0.1) is 11.0 Å². The van der Waals surface area contributed by atoms with Crippen LogP contribution in [0.3, 0.4) is 0 Å².